The van der Waals surface area contributed by atoms with E-state index in [0.717, 1.165) is 5.56 Å². The van der Waals surface area contributed by atoms with Crippen molar-refractivity contribution < 1.29 is 23.5 Å². The van der Waals surface area contributed by atoms with Crippen LogP contribution in [0.2, 0.25) is 5.02 Å². The average molecular weight is 472 g/mol. The number of hydrogen-bond donors (Lipinski definition) is 1. The lowest BCUT2D eigenvalue weighted by molar-refractivity contribution is -0.146. The summed E-state index contributed by atoms with van der Waals surface area (Å²) in [6, 6.07) is 10.7. The van der Waals surface area contributed by atoms with Crippen molar-refractivity contribution in [3.8, 4) is 11.1 Å². The topological polar surface area (TPSA) is 87.8 Å². The number of amides is 1. The number of likely N-dealkylation sites (tertiary alicyclic amines) is 1. The van der Waals surface area contributed by atoms with Gasteiger partial charge in [0.05, 0.1) is 10.9 Å². The van der Waals surface area contributed by atoms with Gasteiger partial charge in [0.1, 0.15) is 11.4 Å². The zero-order valence-electron chi connectivity index (χ0n) is 18.0. The number of carboxylic acids is 1. The first kappa shape index (κ1) is 23.0. The third-order valence-corrected chi connectivity index (χ3v) is 6.39. The Balaban J connectivity index is 1.59. The number of rotatable bonds is 5. The molecule has 2 heterocycles. The van der Waals surface area contributed by atoms with E-state index in [2.05, 4.69) is 0 Å². The van der Waals surface area contributed by atoms with Gasteiger partial charge < -0.3 is 14.4 Å². The molecule has 0 saturated carbocycles. The fourth-order valence-electron chi connectivity index (χ4n) is 4.40. The number of carbonyl (C=O) groups is 2. The molecule has 2 atom stereocenters. The van der Waals surface area contributed by atoms with Gasteiger partial charge in [-0.2, -0.15) is 0 Å². The SMILES string of the molecule is C[C@@H](Cc1ccc2c(-c3ccc(F)cc3Cl)cc(=O)oc2c1)C(=O)N1CCCC(C(=O)O)C1. The van der Waals surface area contributed by atoms with Gasteiger partial charge in [-0.3, -0.25) is 9.59 Å². The van der Waals surface area contributed by atoms with Crippen LogP contribution in [0.3, 0.4) is 0 Å². The second-order valence-corrected chi connectivity index (χ2v) is 8.91. The molecule has 3 aromatic rings. The number of hydrogen-bond acceptors (Lipinski definition) is 4. The lowest BCUT2D eigenvalue weighted by Gasteiger charge is -2.32. The van der Waals surface area contributed by atoms with Gasteiger partial charge in [0.2, 0.25) is 5.91 Å². The number of carboxylic acid groups (broad SMARTS) is 1. The van der Waals surface area contributed by atoms with E-state index in [-0.39, 0.29) is 23.4 Å². The molecule has 1 N–H and O–H groups in total. The maximum absolute atomic E-state index is 13.5. The van der Waals surface area contributed by atoms with Crippen LogP contribution in [0.5, 0.6) is 0 Å². The van der Waals surface area contributed by atoms with E-state index in [1.54, 1.807) is 17.0 Å². The Morgan fingerprint density at radius 2 is 2.00 bits per heavy atom. The lowest BCUT2D eigenvalue weighted by atomic mass is 9.94. The highest BCUT2D eigenvalue weighted by Gasteiger charge is 2.30. The first-order chi connectivity index (χ1) is 15.7. The van der Waals surface area contributed by atoms with E-state index < -0.39 is 23.3 Å². The minimum Gasteiger partial charge on any atom is -0.481 e. The number of fused-ring (bicyclic) bond motifs is 1. The van der Waals surface area contributed by atoms with Crippen LogP contribution in [0.15, 0.2) is 51.7 Å². The minimum atomic E-state index is -0.873. The third-order valence-electron chi connectivity index (χ3n) is 6.08. The number of carbonyl (C=O) groups excluding carboxylic acids is 1. The van der Waals surface area contributed by atoms with Crippen LogP contribution in [0.25, 0.3) is 22.1 Å². The monoisotopic (exact) mass is 471 g/mol. The highest BCUT2D eigenvalue weighted by Crippen LogP contribution is 2.33. The average Bonchev–Trinajstić information content (AvgIpc) is 2.78. The Labute approximate surface area is 194 Å². The lowest BCUT2D eigenvalue weighted by Crippen LogP contribution is -2.44. The summed E-state index contributed by atoms with van der Waals surface area (Å²) >= 11 is 6.20. The quantitative estimate of drug-likeness (QED) is 0.542. The molecule has 1 unspecified atom stereocenters. The Bertz CT molecular complexity index is 1290. The number of halogens is 2. The first-order valence-electron chi connectivity index (χ1n) is 10.8. The van der Waals surface area contributed by atoms with Gasteiger partial charge >= 0.3 is 11.6 Å². The molecule has 1 aromatic heterocycles. The van der Waals surface area contributed by atoms with E-state index in [9.17, 15) is 23.9 Å². The molecule has 1 aliphatic heterocycles. The largest absolute Gasteiger partial charge is 0.481 e. The molecule has 6 nitrogen and oxygen atoms in total. The zero-order chi connectivity index (χ0) is 23.7. The van der Waals surface area contributed by atoms with E-state index in [1.165, 1.54) is 24.3 Å². The highest BCUT2D eigenvalue weighted by molar-refractivity contribution is 6.33. The van der Waals surface area contributed by atoms with Crippen molar-refractivity contribution in [3.63, 3.8) is 0 Å². The predicted octanol–water partition coefficient (Wildman–Crippen LogP) is 4.75. The van der Waals surface area contributed by atoms with Gasteiger partial charge in [-0.05, 0) is 49.1 Å². The maximum atomic E-state index is 13.5. The second kappa shape index (κ2) is 9.35. The minimum absolute atomic E-state index is 0.0886. The Morgan fingerprint density at radius 3 is 2.73 bits per heavy atom. The van der Waals surface area contributed by atoms with Crippen LogP contribution < -0.4 is 5.63 Å². The van der Waals surface area contributed by atoms with Gasteiger partial charge in [-0.1, -0.05) is 30.7 Å². The summed E-state index contributed by atoms with van der Waals surface area (Å²) < 4.78 is 18.9. The van der Waals surface area contributed by atoms with Crippen LogP contribution in [-0.2, 0) is 16.0 Å². The fourth-order valence-corrected chi connectivity index (χ4v) is 4.67. The van der Waals surface area contributed by atoms with Crippen molar-refractivity contribution in [2.45, 2.75) is 26.2 Å². The number of benzene rings is 2. The molecule has 2 aromatic carbocycles. The molecule has 0 aliphatic carbocycles. The van der Waals surface area contributed by atoms with E-state index in [0.29, 0.717) is 47.9 Å². The molecule has 1 saturated heterocycles. The summed E-state index contributed by atoms with van der Waals surface area (Å²) in [5.74, 6) is -2.32. The van der Waals surface area contributed by atoms with Gasteiger partial charge in [0, 0.05) is 41.6 Å². The number of piperidine rings is 1. The molecular weight excluding hydrogens is 449 g/mol. The van der Waals surface area contributed by atoms with E-state index >= 15 is 0 Å². The van der Waals surface area contributed by atoms with Crippen LogP contribution in [0, 0.1) is 17.7 Å². The Kier molecular flexibility index (Phi) is 6.51. The molecule has 0 radical (unpaired) electrons. The van der Waals surface area contributed by atoms with Crippen LogP contribution in [-0.4, -0.2) is 35.0 Å². The van der Waals surface area contributed by atoms with Crippen LogP contribution >= 0.6 is 11.6 Å². The van der Waals surface area contributed by atoms with Crippen molar-refractivity contribution in [2.24, 2.45) is 11.8 Å². The highest BCUT2D eigenvalue weighted by atomic mass is 35.5. The number of nitrogens with zero attached hydrogens (tertiary/aromatic N) is 1. The molecule has 1 amide bonds. The zero-order valence-corrected chi connectivity index (χ0v) is 18.8. The van der Waals surface area contributed by atoms with Crippen LogP contribution in [0.1, 0.15) is 25.3 Å². The van der Waals surface area contributed by atoms with Crippen molar-refractivity contribution in [1.29, 1.82) is 0 Å². The normalized spacial score (nSPS) is 17.2. The molecule has 0 bridgehead atoms. The van der Waals surface area contributed by atoms with Crippen molar-refractivity contribution >= 4 is 34.4 Å². The summed E-state index contributed by atoms with van der Waals surface area (Å²) in [6.45, 7) is 2.59. The first-order valence-corrected chi connectivity index (χ1v) is 11.1. The van der Waals surface area contributed by atoms with Gasteiger partial charge in [0.25, 0.3) is 0 Å². The molecule has 1 aliphatic rings. The van der Waals surface area contributed by atoms with E-state index in [4.69, 9.17) is 16.0 Å². The summed E-state index contributed by atoms with van der Waals surface area (Å²) in [6.07, 6.45) is 1.66. The van der Waals surface area contributed by atoms with Crippen molar-refractivity contribution in [3.05, 3.63) is 69.3 Å². The molecule has 4 rings (SSSR count). The molecular formula is C25H23ClFNO5. The molecule has 0 spiro atoms. The standard InChI is InChI=1S/C25H23ClFNO5/c1-14(24(30)28-8-2-3-16(13-28)25(31)32)9-15-4-6-19-20(12-23(29)33-22(19)10-15)18-7-5-17(27)11-21(18)26/h4-7,10-12,14,16H,2-3,8-9,13H2,1H3,(H,31,32)/t14-,16?/m0/s1. The van der Waals surface area contributed by atoms with Crippen LogP contribution in [0.4, 0.5) is 4.39 Å². The predicted molar refractivity (Wildman–Crippen MR) is 123 cm³/mol. The summed E-state index contributed by atoms with van der Waals surface area (Å²) in [5, 5.41) is 10.1. The fraction of sp³-hybridized carbons (Fsp3) is 0.320. The van der Waals surface area contributed by atoms with Gasteiger partial charge in [-0.15, -0.1) is 0 Å². The molecule has 33 heavy (non-hydrogen) atoms. The van der Waals surface area contributed by atoms with Gasteiger partial charge in [-0.25, -0.2) is 9.18 Å². The third kappa shape index (κ3) is 4.93. The molecule has 172 valence electrons. The molecule has 8 heteroatoms. The second-order valence-electron chi connectivity index (χ2n) is 8.50. The van der Waals surface area contributed by atoms with Crippen molar-refractivity contribution in [2.75, 3.05) is 13.1 Å². The number of aliphatic carboxylic acids is 1. The van der Waals surface area contributed by atoms with Crippen molar-refractivity contribution in [1.82, 2.24) is 4.90 Å². The summed E-state index contributed by atoms with van der Waals surface area (Å²) in [5.41, 5.74) is 1.65. The Morgan fingerprint density at radius 1 is 1.21 bits per heavy atom. The van der Waals surface area contributed by atoms with Gasteiger partial charge in [0.15, 0.2) is 0 Å². The maximum Gasteiger partial charge on any atom is 0.336 e. The Hall–Kier alpha value is -3.19. The summed E-state index contributed by atoms with van der Waals surface area (Å²) in [4.78, 5) is 38.0. The smallest absolute Gasteiger partial charge is 0.336 e. The molecule has 1 fully saturated rings. The summed E-state index contributed by atoms with van der Waals surface area (Å²) in [7, 11) is 0. The van der Waals surface area contributed by atoms with E-state index in [1.807, 2.05) is 13.0 Å².